The first-order valence-corrected chi connectivity index (χ1v) is 7.52. The lowest BCUT2D eigenvalue weighted by Gasteiger charge is -2.14. The highest BCUT2D eigenvalue weighted by molar-refractivity contribution is 6.04. The summed E-state index contributed by atoms with van der Waals surface area (Å²) in [4.78, 5) is 25.3. The van der Waals surface area contributed by atoms with Gasteiger partial charge in [0.1, 0.15) is 6.04 Å². The molecule has 1 aliphatic rings. The zero-order chi connectivity index (χ0) is 16.3. The molecule has 8 nitrogen and oxygen atoms in total. The van der Waals surface area contributed by atoms with Crippen LogP contribution in [0.5, 0.6) is 0 Å². The Morgan fingerprint density at radius 1 is 1.32 bits per heavy atom. The molecule has 0 aliphatic carbocycles. The Morgan fingerprint density at radius 2 is 2.05 bits per heavy atom. The van der Waals surface area contributed by atoms with Crippen LogP contribution in [-0.2, 0) is 16.0 Å². The lowest BCUT2D eigenvalue weighted by molar-refractivity contribution is -0.128. The second kappa shape index (κ2) is 6.87. The molecule has 1 atom stereocenters. The third-order valence-corrected chi connectivity index (χ3v) is 3.37. The summed E-state index contributed by atoms with van der Waals surface area (Å²) in [5, 5.41) is 10.7. The van der Waals surface area contributed by atoms with Crippen LogP contribution in [0.4, 0.5) is 4.79 Å². The molecule has 122 valence electrons. The van der Waals surface area contributed by atoms with Crippen molar-refractivity contribution in [1.29, 1.82) is 0 Å². The van der Waals surface area contributed by atoms with Crippen LogP contribution in [0.15, 0.2) is 6.20 Å². The van der Waals surface area contributed by atoms with Gasteiger partial charge in [-0.05, 0) is 27.7 Å². The molecule has 22 heavy (non-hydrogen) atoms. The molecule has 8 heteroatoms. The molecule has 1 N–H and O–H groups in total. The summed E-state index contributed by atoms with van der Waals surface area (Å²) >= 11 is 0. The van der Waals surface area contributed by atoms with Crippen molar-refractivity contribution in [2.24, 2.45) is 0 Å². The smallest absolute Gasteiger partial charge is 0.324 e. The molecular weight excluding hydrogens is 286 g/mol. The second-order valence-electron chi connectivity index (χ2n) is 5.90. The fourth-order valence-corrected chi connectivity index (χ4v) is 2.18. The van der Waals surface area contributed by atoms with Crippen molar-refractivity contribution in [3.8, 4) is 0 Å². The fraction of sp³-hybridized carbons (Fsp3) is 0.714. The van der Waals surface area contributed by atoms with Crippen molar-refractivity contribution < 1.29 is 14.3 Å². The lowest BCUT2D eigenvalue weighted by atomic mass is 10.1. The number of hydrogen-bond acceptors (Lipinski definition) is 5. The van der Waals surface area contributed by atoms with Gasteiger partial charge in [0, 0.05) is 18.7 Å². The lowest BCUT2D eigenvalue weighted by Crippen LogP contribution is -2.35. The molecule has 0 aromatic carbocycles. The van der Waals surface area contributed by atoms with Crippen molar-refractivity contribution in [3.05, 3.63) is 11.9 Å². The highest BCUT2D eigenvalue weighted by Crippen LogP contribution is 2.12. The Bertz CT molecular complexity index is 540. The number of aromatic nitrogens is 3. The highest BCUT2D eigenvalue weighted by atomic mass is 16.5. The summed E-state index contributed by atoms with van der Waals surface area (Å²) < 4.78 is 7.11. The molecule has 1 aliphatic heterocycles. The van der Waals surface area contributed by atoms with Gasteiger partial charge in [-0.25, -0.2) is 9.48 Å². The maximum absolute atomic E-state index is 12.3. The maximum atomic E-state index is 12.3. The van der Waals surface area contributed by atoms with Crippen molar-refractivity contribution in [1.82, 2.24) is 25.2 Å². The Labute approximate surface area is 129 Å². The summed E-state index contributed by atoms with van der Waals surface area (Å²) in [6.45, 7) is 8.42. The molecule has 1 unspecified atom stereocenters. The van der Waals surface area contributed by atoms with E-state index < -0.39 is 6.04 Å². The Balaban J connectivity index is 1.92. The molecule has 0 spiro atoms. The summed E-state index contributed by atoms with van der Waals surface area (Å²) in [6, 6.07) is -0.748. The SMILES string of the molecule is CC(C)OCCN1C(=O)NC(Cc2cn(C(C)C)nn2)C1=O. The molecule has 3 amide bonds. The van der Waals surface area contributed by atoms with E-state index >= 15 is 0 Å². The van der Waals surface area contributed by atoms with Crippen molar-refractivity contribution in [2.45, 2.75) is 52.3 Å². The van der Waals surface area contributed by atoms with Crippen LogP contribution in [0, 0.1) is 0 Å². The summed E-state index contributed by atoms with van der Waals surface area (Å²) in [6.07, 6.45) is 2.22. The van der Waals surface area contributed by atoms with E-state index in [9.17, 15) is 9.59 Å². The summed E-state index contributed by atoms with van der Waals surface area (Å²) in [5.41, 5.74) is 0.688. The fourth-order valence-electron chi connectivity index (χ4n) is 2.18. The zero-order valence-corrected chi connectivity index (χ0v) is 13.4. The van der Waals surface area contributed by atoms with E-state index in [1.165, 1.54) is 4.90 Å². The van der Waals surface area contributed by atoms with E-state index in [1.807, 2.05) is 27.7 Å². The number of ether oxygens (including phenoxy) is 1. The molecule has 1 saturated heterocycles. The molecule has 1 aromatic rings. The van der Waals surface area contributed by atoms with Crippen molar-refractivity contribution >= 4 is 11.9 Å². The van der Waals surface area contributed by atoms with Gasteiger partial charge in [-0.15, -0.1) is 5.10 Å². The molecular formula is C14H23N5O3. The van der Waals surface area contributed by atoms with E-state index in [0.717, 1.165) is 0 Å². The minimum Gasteiger partial charge on any atom is -0.377 e. The highest BCUT2D eigenvalue weighted by Gasteiger charge is 2.38. The van der Waals surface area contributed by atoms with Crippen LogP contribution in [0.2, 0.25) is 0 Å². The number of carbonyl (C=O) groups is 2. The third kappa shape index (κ3) is 3.82. The third-order valence-electron chi connectivity index (χ3n) is 3.37. The van der Waals surface area contributed by atoms with E-state index in [4.69, 9.17) is 4.74 Å². The second-order valence-corrected chi connectivity index (χ2v) is 5.90. The first-order valence-electron chi connectivity index (χ1n) is 7.52. The number of rotatable bonds is 7. The van der Waals surface area contributed by atoms with Gasteiger partial charge in [0.15, 0.2) is 0 Å². The van der Waals surface area contributed by atoms with E-state index in [-0.39, 0.29) is 30.6 Å². The average Bonchev–Trinajstić information content (AvgIpc) is 2.99. The predicted octanol–water partition coefficient (Wildman–Crippen LogP) is 0.747. The van der Waals surface area contributed by atoms with Crippen LogP contribution < -0.4 is 5.32 Å². The number of nitrogens with one attached hydrogen (secondary N) is 1. The van der Waals surface area contributed by atoms with Gasteiger partial charge in [-0.3, -0.25) is 9.69 Å². The number of urea groups is 1. The largest absolute Gasteiger partial charge is 0.377 e. The average molecular weight is 309 g/mol. The number of carbonyl (C=O) groups excluding carboxylic acids is 2. The van der Waals surface area contributed by atoms with Gasteiger partial charge in [-0.1, -0.05) is 5.21 Å². The van der Waals surface area contributed by atoms with Crippen LogP contribution in [0.1, 0.15) is 39.4 Å². The zero-order valence-electron chi connectivity index (χ0n) is 13.4. The van der Waals surface area contributed by atoms with E-state index in [0.29, 0.717) is 18.7 Å². The van der Waals surface area contributed by atoms with Crippen molar-refractivity contribution in [2.75, 3.05) is 13.2 Å². The standard InChI is InChI=1S/C14H23N5O3/c1-9(2)19-8-11(16-17-19)7-12-13(20)18(14(21)15-12)5-6-22-10(3)4/h8-10,12H,5-7H2,1-4H3,(H,15,21). The number of amides is 3. The van der Waals surface area contributed by atoms with Gasteiger partial charge in [-0.2, -0.15) is 0 Å². The molecule has 1 fully saturated rings. The van der Waals surface area contributed by atoms with Gasteiger partial charge in [0.2, 0.25) is 0 Å². The number of nitrogens with zero attached hydrogens (tertiary/aromatic N) is 4. The molecule has 0 radical (unpaired) electrons. The van der Waals surface area contributed by atoms with Gasteiger partial charge >= 0.3 is 6.03 Å². The molecule has 2 rings (SSSR count). The monoisotopic (exact) mass is 309 g/mol. The van der Waals surface area contributed by atoms with Crippen LogP contribution >= 0.6 is 0 Å². The molecule has 0 bridgehead atoms. The summed E-state index contributed by atoms with van der Waals surface area (Å²) in [7, 11) is 0. The number of imide groups is 1. The van der Waals surface area contributed by atoms with Gasteiger partial charge in [0.25, 0.3) is 5.91 Å². The normalized spacial score (nSPS) is 18.6. The number of hydrogen-bond donors (Lipinski definition) is 1. The summed E-state index contributed by atoms with van der Waals surface area (Å²) in [5.74, 6) is -0.239. The van der Waals surface area contributed by atoms with E-state index in [2.05, 4.69) is 15.6 Å². The molecule has 1 aromatic heterocycles. The minimum absolute atomic E-state index is 0.0719. The maximum Gasteiger partial charge on any atom is 0.324 e. The van der Waals surface area contributed by atoms with Crippen LogP contribution in [-0.4, -0.2) is 57.1 Å². The molecule has 0 saturated carbocycles. The quantitative estimate of drug-likeness (QED) is 0.751. The topological polar surface area (TPSA) is 89.3 Å². The minimum atomic E-state index is -0.580. The van der Waals surface area contributed by atoms with E-state index in [1.54, 1.807) is 10.9 Å². The van der Waals surface area contributed by atoms with Crippen LogP contribution in [0.25, 0.3) is 0 Å². The predicted molar refractivity (Wildman–Crippen MR) is 79.2 cm³/mol. The van der Waals surface area contributed by atoms with Gasteiger partial charge < -0.3 is 10.1 Å². The first-order chi connectivity index (χ1) is 10.4. The first kappa shape index (κ1) is 16.4. The van der Waals surface area contributed by atoms with Crippen LogP contribution in [0.3, 0.4) is 0 Å². The molecule has 2 heterocycles. The Morgan fingerprint density at radius 3 is 2.64 bits per heavy atom. The van der Waals surface area contributed by atoms with Crippen molar-refractivity contribution in [3.63, 3.8) is 0 Å². The Kier molecular flexibility index (Phi) is 5.12. The Hall–Kier alpha value is -1.96. The van der Waals surface area contributed by atoms with Gasteiger partial charge in [0.05, 0.1) is 24.9 Å².